The van der Waals surface area contributed by atoms with E-state index in [4.69, 9.17) is 9.47 Å². The summed E-state index contributed by atoms with van der Waals surface area (Å²) in [4.78, 5) is 39.4. The zero-order chi connectivity index (χ0) is 18.2. The average Bonchev–Trinajstić information content (AvgIpc) is 2.66. The Kier molecular flexibility index (Phi) is 6.80. The van der Waals surface area contributed by atoms with Gasteiger partial charge in [0.1, 0.15) is 5.75 Å². The summed E-state index contributed by atoms with van der Waals surface area (Å²) in [6, 6.07) is 6.97. The van der Waals surface area contributed by atoms with Gasteiger partial charge in [-0.05, 0) is 31.2 Å². The lowest BCUT2D eigenvalue weighted by Crippen LogP contribution is -2.50. The van der Waals surface area contributed by atoms with Crippen LogP contribution in [0, 0.1) is 0 Å². The molecule has 1 fully saturated rings. The van der Waals surface area contributed by atoms with Crippen LogP contribution in [0.3, 0.4) is 0 Å². The van der Waals surface area contributed by atoms with Crippen molar-refractivity contribution < 1.29 is 23.9 Å². The normalized spacial score (nSPS) is 14.2. The van der Waals surface area contributed by atoms with Crippen LogP contribution in [0.15, 0.2) is 24.3 Å². The minimum Gasteiger partial charge on any atom is -0.497 e. The van der Waals surface area contributed by atoms with Crippen LogP contribution in [0.2, 0.25) is 0 Å². The highest BCUT2D eigenvalue weighted by atomic mass is 16.5. The third-order valence-electron chi connectivity index (χ3n) is 4.10. The Hall–Kier alpha value is -2.57. The fourth-order valence-electron chi connectivity index (χ4n) is 2.68. The van der Waals surface area contributed by atoms with Gasteiger partial charge in [-0.15, -0.1) is 0 Å². The van der Waals surface area contributed by atoms with Crippen LogP contribution in [0.5, 0.6) is 5.75 Å². The van der Waals surface area contributed by atoms with Crippen molar-refractivity contribution in [2.24, 2.45) is 0 Å². The first-order valence-corrected chi connectivity index (χ1v) is 8.42. The number of ether oxygens (including phenoxy) is 2. The molecule has 1 aromatic carbocycles. The highest BCUT2D eigenvalue weighted by Gasteiger charge is 2.25. The molecule has 1 saturated heterocycles. The molecule has 1 aliphatic rings. The topological polar surface area (TPSA) is 76.2 Å². The molecule has 0 radical (unpaired) electrons. The SMILES string of the molecule is CCOC(=O)CCC(=O)N1CCN(C(=O)c2ccc(OC)cc2)CC1. The second kappa shape index (κ2) is 9.05. The molecule has 2 rings (SSSR count). The van der Waals surface area contributed by atoms with Crippen LogP contribution in [-0.4, -0.2) is 67.5 Å². The van der Waals surface area contributed by atoms with Gasteiger partial charge < -0.3 is 19.3 Å². The number of esters is 1. The lowest BCUT2D eigenvalue weighted by atomic mass is 10.1. The molecule has 136 valence electrons. The summed E-state index contributed by atoms with van der Waals surface area (Å²) in [6.07, 6.45) is 0.239. The maximum atomic E-state index is 12.5. The van der Waals surface area contributed by atoms with E-state index in [2.05, 4.69) is 0 Å². The Bertz CT molecular complexity index is 606. The zero-order valence-corrected chi connectivity index (χ0v) is 14.7. The van der Waals surface area contributed by atoms with Gasteiger partial charge >= 0.3 is 5.97 Å². The molecule has 7 nitrogen and oxygen atoms in total. The van der Waals surface area contributed by atoms with E-state index in [0.717, 1.165) is 0 Å². The maximum absolute atomic E-state index is 12.5. The van der Waals surface area contributed by atoms with Crippen LogP contribution in [0.25, 0.3) is 0 Å². The Balaban J connectivity index is 1.81. The second-order valence-electron chi connectivity index (χ2n) is 5.71. The lowest BCUT2D eigenvalue weighted by Gasteiger charge is -2.34. The fourth-order valence-corrected chi connectivity index (χ4v) is 2.68. The molecule has 0 atom stereocenters. The molecule has 0 bridgehead atoms. The van der Waals surface area contributed by atoms with Crippen molar-refractivity contribution in [1.29, 1.82) is 0 Å². The van der Waals surface area contributed by atoms with Crippen molar-refractivity contribution in [2.75, 3.05) is 39.9 Å². The number of methoxy groups -OCH3 is 1. The van der Waals surface area contributed by atoms with E-state index in [9.17, 15) is 14.4 Å². The van der Waals surface area contributed by atoms with E-state index in [1.165, 1.54) is 0 Å². The van der Waals surface area contributed by atoms with Gasteiger partial charge in [0.05, 0.1) is 20.1 Å². The van der Waals surface area contributed by atoms with Gasteiger partial charge in [-0.25, -0.2) is 0 Å². The van der Waals surface area contributed by atoms with E-state index in [1.807, 2.05) is 0 Å². The molecular formula is C18H24N2O5. The monoisotopic (exact) mass is 348 g/mol. The second-order valence-corrected chi connectivity index (χ2v) is 5.71. The quantitative estimate of drug-likeness (QED) is 0.725. The summed E-state index contributed by atoms with van der Waals surface area (Å²) >= 11 is 0. The first-order valence-electron chi connectivity index (χ1n) is 8.42. The molecule has 1 aromatic rings. The van der Waals surface area contributed by atoms with Crippen LogP contribution in [0.1, 0.15) is 30.1 Å². The molecule has 0 saturated carbocycles. The van der Waals surface area contributed by atoms with Gasteiger partial charge in [-0.3, -0.25) is 14.4 Å². The standard InChI is InChI=1S/C18H24N2O5/c1-3-25-17(22)9-8-16(21)19-10-12-20(13-11-19)18(23)14-4-6-15(24-2)7-5-14/h4-7H,3,8-13H2,1-2H3. The smallest absolute Gasteiger partial charge is 0.306 e. The van der Waals surface area contributed by atoms with E-state index in [0.29, 0.717) is 44.1 Å². The van der Waals surface area contributed by atoms with Crippen molar-refractivity contribution in [3.05, 3.63) is 29.8 Å². The van der Waals surface area contributed by atoms with Crippen molar-refractivity contribution in [1.82, 2.24) is 9.80 Å². The third-order valence-corrected chi connectivity index (χ3v) is 4.10. The van der Waals surface area contributed by atoms with Gasteiger partial charge in [-0.2, -0.15) is 0 Å². The minimum atomic E-state index is -0.357. The molecule has 1 heterocycles. The van der Waals surface area contributed by atoms with E-state index < -0.39 is 0 Å². The van der Waals surface area contributed by atoms with E-state index >= 15 is 0 Å². The van der Waals surface area contributed by atoms with Gasteiger partial charge in [0.25, 0.3) is 5.91 Å². The van der Waals surface area contributed by atoms with Gasteiger partial charge in [0, 0.05) is 38.2 Å². The number of hydrogen-bond acceptors (Lipinski definition) is 5. The molecule has 0 aliphatic carbocycles. The van der Waals surface area contributed by atoms with Gasteiger partial charge in [0.2, 0.25) is 5.91 Å². The van der Waals surface area contributed by atoms with Crippen molar-refractivity contribution in [3.63, 3.8) is 0 Å². The Morgan fingerprint density at radius 1 is 0.960 bits per heavy atom. The Morgan fingerprint density at radius 3 is 2.12 bits per heavy atom. The van der Waals surface area contributed by atoms with E-state index in [-0.39, 0.29) is 30.6 Å². The molecule has 25 heavy (non-hydrogen) atoms. The largest absolute Gasteiger partial charge is 0.497 e. The van der Waals surface area contributed by atoms with Crippen molar-refractivity contribution >= 4 is 17.8 Å². The number of amides is 2. The lowest BCUT2D eigenvalue weighted by molar-refractivity contribution is -0.146. The van der Waals surface area contributed by atoms with Crippen LogP contribution in [0.4, 0.5) is 0 Å². The average molecular weight is 348 g/mol. The highest BCUT2D eigenvalue weighted by molar-refractivity contribution is 5.94. The predicted molar refractivity (Wildman–Crippen MR) is 91.3 cm³/mol. The molecule has 1 aliphatic heterocycles. The molecule has 0 aromatic heterocycles. The molecule has 7 heteroatoms. The zero-order valence-electron chi connectivity index (χ0n) is 14.7. The van der Waals surface area contributed by atoms with E-state index in [1.54, 1.807) is 48.1 Å². The van der Waals surface area contributed by atoms with Gasteiger partial charge in [-0.1, -0.05) is 0 Å². The summed E-state index contributed by atoms with van der Waals surface area (Å²) in [5, 5.41) is 0. The summed E-state index contributed by atoms with van der Waals surface area (Å²) in [5.74, 6) is 0.212. The number of carbonyl (C=O) groups excluding carboxylic acids is 3. The highest BCUT2D eigenvalue weighted by Crippen LogP contribution is 2.14. The number of piperazine rings is 1. The number of benzene rings is 1. The van der Waals surface area contributed by atoms with Crippen molar-refractivity contribution in [2.45, 2.75) is 19.8 Å². The van der Waals surface area contributed by atoms with Gasteiger partial charge in [0.15, 0.2) is 0 Å². The maximum Gasteiger partial charge on any atom is 0.306 e. The molecule has 2 amide bonds. The summed E-state index contributed by atoms with van der Waals surface area (Å²) in [6.45, 7) is 3.97. The first-order chi connectivity index (χ1) is 12.0. The summed E-state index contributed by atoms with van der Waals surface area (Å²) in [7, 11) is 1.58. The summed E-state index contributed by atoms with van der Waals surface area (Å²) in [5.41, 5.74) is 0.600. The molecular weight excluding hydrogens is 324 g/mol. The number of nitrogens with zero attached hydrogens (tertiary/aromatic N) is 2. The molecule has 0 unspecified atom stereocenters. The van der Waals surface area contributed by atoms with Crippen LogP contribution >= 0.6 is 0 Å². The Labute approximate surface area is 147 Å². The number of rotatable bonds is 6. The third kappa shape index (κ3) is 5.20. The molecule has 0 spiro atoms. The Morgan fingerprint density at radius 2 is 1.56 bits per heavy atom. The summed E-state index contributed by atoms with van der Waals surface area (Å²) < 4.78 is 9.91. The fraction of sp³-hybridized carbons (Fsp3) is 0.500. The van der Waals surface area contributed by atoms with Crippen molar-refractivity contribution in [3.8, 4) is 5.75 Å². The first kappa shape index (κ1) is 18.8. The minimum absolute atomic E-state index is 0.0544. The van der Waals surface area contributed by atoms with Crippen LogP contribution < -0.4 is 4.74 Å². The predicted octanol–water partition coefficient (Wildman–Crippen LogP) is 1.32. The number of hydrogen-bond donors (Lipinski definition) is 0. The number of carbonyl (C=O) groups is 3. The van der Waals surface area contributed by atoms with Crippen LogP contribution in [-0.2, 0) is 14.3 Å². The molecule has 0 N–H and O–H groups in total.